The van der Waals surface area contributed by atoms with E-state index in [0.717, 1.165) is 32.4 Å². The molecule has 3 rings (SSSR count). The summed E-state index contributed by atoms with van der Waals surface area (Å²) >= 11 is 0. The van der Waals surface area contributed by atoms with Gasteiger partial charge in [0.25, 0.3) is 5.91 Å². The number of ether oxygens (including phenoxy) is 1. The average molecular weight is 305 g/mol. The monoisotopic (exact) mass is 305 g/mol. The van der Waals surface area contributed by atoms with Gasteiger partial charge in [-0.1, -0.05) is 0 Å². The van der Waals surface area contributed by atoms with E-state index in [1.54, 1.807) is 18.3 Å². The van der Waals surface area contributed by atoms with Gasteiger partial charge in [0.15, 0.2) is 0 Å². The first-order chi connectivity index (χ1) is 10.7. The zero-order valence-electron chi connectivity index (χ0n) is 12.9. The van der Waals surface area contributed by atoms with Crippen molar-refractivity contribution in [3.63, 3.8) is 0 Å². The zero-order valence-corrected chi connectivity index (χ0v) is 12.9. The lowest BCUT2D eigenvalue weighted by Gasteiger charge is -2.39. The van der Waals surface area contributed by atoms with E-state index in [4.69, 9.17) is 4.74 Å². The molecule has 1 aromatic heterocycles. The normalized spacial score (nSPS) is 26.2. The number of piperazine rings is 1. The Morgan fingerprint density at radius 3 is 2.73 bits per heavy atom. The predicted molar refractivity (Wildman–Crippen MR) is 81.9 cm³/mol. The summed E-state index contributed by atoms with van der Waals surface area (Å²) in [5.41, 5.74) is 0.513. The molecule has 1 aromatic rings. The van der Waals surface area contributed by atoms with E-state index < -0.39 is 0 Å². The van der Waals surface area contributed by atoms with Gasteiger partial charge in [0.05, 0.1) is 13.2 Å². The Labute approximate surface area is 130 Å². The molecule has 0 aromatic carbocycles. The molecule has 0 bridgehead atoms. The van der Waals surface area contributed by atoms with Crippen LogP contribution >= 0.6 is 0 Å². The Kier molecular flexibility index (Phi) is 4.59. The number of rotatable bonds is 3. The van der Waals surface area contributed by atoms with Crippen LogP contribution in [0, 0.1) is 0 Å². The molecule has 22 heavy (non-hydrogen) atoms. The molecule has 0 spiro atoms. The molecule has 1 saturated carbocycles. The number of carbonyl (C=O) groups is 1. The molecule has 2 atom stereocenters. The Bertz CT molecular complexity index is 529. The van der Waals surface area contributed by atoms with Gasteiger partial charge < -0.3 is 14.7 Å². The fourth-order valence-corrected chi connectivity index (χ4v) is 3.49. The second-order valence-corrected chi connectivity index (χ2v) is 5.95. The highest BCUT2D eigenvalue weighted by atomic mass is 16.5. The number of aliphatic hydroxyl groups excluding tert-OH is 1. The molecule has 6 nitrogen and oxygen atoms in total. The number of hydrogen-bond donors (Lipinski definition) is 1. The number of carbonyl (C=O) groups excluding carboxylic acids is 1. The molecular weight excluding hydrogens is 282 g/mol. The minimum Gasteiger partial charge on any atom is -0.480 e. The number of pyridine rings is 1. The van der Waals surface area contributed by atoms with E-state index in [-0.39, 0.29) is 18.1 Å². The minimum atomic E-state index is -0.208. The number of methoxy groups -OCH3 is 1. The van der Waals surface area contributed by atoms with Gasteiger partial charge in [-0.05, 0) is 31.4 Å². The van der Waals surface area contributed by atoms with Crippen molar-refractivity contribution in [2.24, 2.45) is 0 Å². The van der Waals surface area contributed by atoms with Crippen LogP contribution in [0.25, 0.3) is 0 Å². The number of hydrogen-bond acceptors (Lipinski definition) is 5. The molecule has 1 N–H and O–H groups in total. The van der Waals surface area contributed by atoms with Crippen molar-refractivity contribution in [2.45, 2.75) is 31.4 Å². The fraction of sp³-hybridized carbons (Fsp3) is 0.625. The van der Waals surface area contributed by atoms with E-state index in [2.05, 4.69) is 9.88 Å². The number of nitrogens with zero attached hydrogens (tertiary/aromatic N) is 3. The van der Waals surface area contributed by atoms with Gasteiger partial charge in [0.1, 0.15) is 5.56 Å². The van der Waals surface area contributed by atoms with Gasteiger partial charge in [-0.2, -0.15) is 0 Å². The van der Waals surface area contributed by atoms with Crippen molar-refractivity contribution in [3.8, 4) is 5.88 Å². The van der Waals surface area contributed by atoms with E-state index in [1.807, 2.05) is 4.90 Å². The molecule has 1 amide bonds. The number of aliphatic hydroxyl groups is 1. The zero-order chi connectivity index (χ0) is 15.5. The van der Waals surface area contributed by atoms with Crippen LogP contribution in [0.15, 0.2) is 18.3 Å². The van der Waals surface area contributed by atoms with Crippen LogP contribution in [0.2, 0.25) is 0 Å². The number of aromatic nitrogens is 1. The molecule has 2 heterocycles. The summed E-state index contributed by atoms with van der Waals surface area (Å²) in [5.74, 6) is 0.345. The van der Waals surface area contributed by atoms with Crippen LogP contribution in [0.4, 0.5) is 0 Å². The maximum Gasteiger partial charge on any atom is 0.259 e. The van der Waals surface area contributed by atoms with E-state index in [0.29, 0.717) is 24.5 Å². The lowest BCUT2D eigenvalue weighted by molar-refractivity contribution is 0.0314. The Morgan fingerprint density at radius 2 is 2.09 bits per heavy atom. The van der Waals surface area contributed by atoms with Crippen molar-refractivity contribution in [2.75, 3.05) is 33.3 Å². The highest BCUT2D eigenvalue weighted by molar-refractivity contribution is 5.96. The van der Waals surface area contributed by atoms with Gasteiger partial charge in [-0.25, -0.2) is 4.98 Å². The van der Waals surface area contributed by atoms with Crippen LogP contribution in [0.3, 0.4) is 0 Å². The summed E-state index contributed by atoms with van der Waals surface area (Å²) in [7, 11) is 1.53. The largest absolute Gasteiger partial charge is 0.480 e. The third-order valence-electron chi connectivity index (χ3n) is 4.71. The molecule has 6 heteroatoms. The quantitative estimate of drug-likeness (QED) is 0.893. The molecule has 2 aliphatic rings. The second-order valence-electron chi connectivity index (χ2n) is 5.95. The molecular formula is C16H23N3O3. The van der Waals surface area contributed by atoms with Crippen LogP contribution < -0.4 is 4.74 Å². The smallest absolute Gasteiger partial charge is 0.259 e. The third kappa shape index (κ3) is 2.94. The molecule has 1 saturated heterocycles. The highest BCUT2D eigenvalue weighted by Gasteiger charge is 2.33. The molecule has 120 valence electrons. The Morgan fingerprint density at radius 1 is 1.32 bits per heavy atom. The van der Waals surface area contributed by atoms with E-state index >= 15 is 0 Å². The lowest BCUT2D eigenvalue weighted by Crippen LogP contribution is -2.53. The van der Waals surface area contributed by atoms with Crippen LogP contribution in [-0.2, 0) is 0 Å². The van der Waals surface area contributed by atoms with Crippen molar-refractivity contribution in [3.05, 3.63) is 23.9 Å². The van der Waals surface area contributed by atoms with Crippen molar-refractivity contribution in [1.82, 2.24) is 14.8 Å². The van der Waals surface area contributed by atoms with Crippen LogP contribution in [-0.4, -0.2) is 71.2 Å². The molecule has 1 aliphatic carbocycles. The molecule has 2 fully saturated rings. The SMILES string of the molecule is COc1ncccc1C(=O)N1CCN([C@@H]2CCC[C@H]2O)CC1. The molecule has 1 aliphatic heterocycles. The first-order valence-electron chi connectivity index (χ1n) is 7.91. The van der Waals surface area contributed by atoms with E-state index in [1.165, 1.54) is 7.11 Å². The number of amides is 1. The summed E-state index contributed by atoms with van der Waals surface area (Å²) in [6.07, 6.45) is 4.47. The van der Waals surface area contributed by atoms with Crippen molar-refractivity contribution < 1.29 is 14.6 Å². The summed E-state index contributed by atoms with van der Waals surface area (Å²) in [5, 5.41) is 10.0. The Balaban J connectivity index is 1.62. The molecule has 0 unspecified atom stereocenters. The minimum absolute atomic E-state index is 0.0310. The van der Waals surface area contributed by atoms with Gasteiger partial charge in [-0.3, -0.25) is 9.69 Å². The van der Waals surface area contributed by atoms with Crippen LogP contribution in [0.5, 0.6) is 5.88 Å². The summed E-state index contributed by atoms with van der Waals surface area (Å²) in [6, 6.07) is 3.77. The molecule has 0 radical (unpaired) electrons. The van der Waals surface area contributed by atoms with Crippen LogP contribution in [0.1, 0.15) is 29.6 Å². The van der Waals surface area contributed by atoms with Crippen molar-refractivity contribution >= 4 is 5.91 Å². The Hall–Kier alpha value is -1.66. The summed E-state index contributed by atoms with van der Waals surface area (Å²) < 4.78 is 5.17. The maximum absolute atomic E-state index is 12.6. The second kappa shape index (κ2) is 6.62. The summed E-state index contributed by atoms with van der Waals surface area (Å²) in [4.78, 5) is 20.9. The average Bonchev–Trinajstić information content (AvgIpc) is 3.00. The maximum atomic E-state index is 12.6. The third-order valence-corrected chi connectivity index (χ3v) is 4.71. The first kappa shape index (κ1) is 15.2. The van der Waals surface area contributed by atoms with Gasteiger partial charge in [0, 0.05) is 38.4 Å². The van der Waals surface area contributed by atoms with Gasteiger partial charge >= 0.3 is 0 Å². The standard InChI is InChI=1S/C16H23N3O3/c1-22-15-12(4-3-7-17-15)16(21)19-10-8-18(9-11-19)13-5-2-6-14(13)20/h3-4,7,13-14,20H,2,5-6,8-11H2,1H3/t13-,14-/m1/s1. The van der Waals surface area contributed by atoms with Gasteiger partial charge in [0.2, 0.25) is 5.88 Å². The topological polar surface area (TPSA) is 65.9 Å². The first-order valence-corrected chi connectivity index (χ1v) is 7.91. The fourth-order valence-electron chi connectivity index (χ4n) is 3.49. The van der Waals surface area contributed by atoms with Gasteiger partial charge in [-0.15, -0.1) is 0 Å². The van der Waals surface area contributed by atoms with Crippen molar-refractivity contribution in [1.29, 1.82) is 0 Å². The van der Waals surface area contributed by atoms with E-state index in [9.17, 15) is 9.90 Å². The highest BCUT2D eigenvalue weighted by Crippen LogP contribution is 2.25. The lowest BCUT2D eigenvalue weighted by atomic mass is 10.1. The summed E-state index contributed by atoms with van der Waals surface area (Å²) in [6.45, 7) is 2.99. The predicted octanol–water partition coefficient (Wildman–Crippen LogP) is 0.761.